The van der Waals surface area contributed by atoms with Crippen molar-refractivity contribution in [2.24, 2.45) is 0 Å². The van der Waals surface area contributed by atoms with Crippen LogP contribution in [-0.4, -0.2) is 41.1 Å². The number of aromatic nitrogens is 2. The van der Waals surface area contributed by atoms with Crippen molar-refractivity contribution in [2.45, 2.75) is 33.1 Å². The highest BCUT2D eigenvalue weighted by molar-refractivity contribution is 5.62. The van der Waals surface area contributed by atoms with Gasteiger partial charge in [-0.1, -0.05) is 30.2 Å². The zero-order valence-corrected chi connectivity index (χ0v) is 17.9. The number of aryl methyl sites for hydroxylation is 2. The number of piperidine rings is 1. The van der Waals surface area contributed by atoms with Gasteiger partial charge in [0.05, 0.1) is 0 Å². The Hall–Kier alpha value is -2.92. The Morgan fingerprint density at radius 3 is 2.50 bits per heavy atom. The molecule has 0 bridgehead atoms. The first-order valence-corrected chi connectivity index (χ1v) is 10.8. The van der Waals surface area contributed by atoms with E-state index in [9.17, 15) is 0 Å². The molecule has 0 aliphatic carbocycles. The van der Waals surface area contributed by atoms with E-state index in [4.69, 9.17) is 9.72 Å². The van der Waals surface area contributed by atoms with Crippen LogP contribution in [0.5, 0.6) is 5.75 Å². The Labute approximate surface area is 179 Å². The second-order valence-electron chi connectivity index (χ2n) is 7.99. The van der Waals surface area contributed by atoms with Gasteiger partial charge in [0, 0.05) is 29.6 Å². The Morgan fingerprint density at radius 1 is 0.933 bits per heavy atom. The second kappa shape index (κ2) is 9.72. The van der Waals surface area contributed by atoms with Gasteiger partial charge in [-0.2, -0.15) is 0 Å². The highest BCUT2D eigenvalue weighted by Gasteiger charge is 2.10. The summed E-state index contributed by atoms with van der Waals surface area (Å²) in [6.07, 6.45) is 3.99. The number of hydrogen-bond acceptors (Lipinski definition) is 5. The van der Waals surface area contributed by atoms with Crippen LogP contribution in [0.25, 0.3) is 11.4 Å². The molecule has 0 saturated carbocycles. The number of nitrogens with zero attached hydrogens (tertiary/aromatic N) is 3. The topological polar surface area (TPSA) is 50.3 Å². The third-order valence-corrected chi connectivity index (χ3v) is 5.38. The van der Waals surface area contributed by atoms with Gasteiger partial charge in [0.15, 0.2) is 5.82 Å². The van der Waals surface area contributed by atoms with Crippen molar-refractivity contribution in [3.63, 3.8) is 0 Å². The first kappa shape index (κ1) is 20.4. The Morgan fingerprint density at radius 2 is 1.73 bits per heavy atom. The highest BCUT2D eigenvalue weighted by Crippen LogP contribution is 2.23. The first-order chi connectivity index (χ1) is 14.7. The molecule has 30 heavy (non-hydrogen) atoms. The predicted molar refractivity (Wildman–Crippen MR) is 122 cm³/mol. The standard InChI is InChI=1S/C25H30N4O/c1-19-7-6-8-21(17-19)25-26-20(2)18-24(28-25)27-22-9-11-23(12-10-22)30-16-15-29-13-4-3-5-14-29/h6-12,17-18H,3-5,13-16H2,1-2H3,(H,26,27,28). The number of rotatable bonds is 7. The minimum Gasteiger partial charge on any atom is -0.492 e. The van der Waals surface area contributed by atoms with E-state index in [-0.39, 0.29) is 0 Å². The maximum Gasteiger partial charge on any atom is 0.161 e. The van der Waals surface area contributed by atoms with Crippen molar-refractivity contribution in [2.75, 3.05) is 31.6 Å². The fourth-order valence-electron chi connectivity index (χ4n) is 3.80. The van der Waals surface area contributed by atoms with Gasteiger partial charge in [-0.05, 0) is 70.1 Å². The zero-order chi connectivity index (χ0) is 20.8. The molecule has 4 rings (SSSR count). The van der Waals surface area contributed by atoms with Crippen LogP contribution in [0.3, 0.4) is 0 Å². The van der Waals surface area contributed by atoms with Gasteiger partial charge in [-0.25, -0.2) is 9.97 Å². The van der Waals surface area contributed by atoms with Crippen molar-refractivity contribution in [3.05, 3.63) is 65.9 Å². The Balaban J connectivity index is 1.37. The van der Waals surface area contributed by atoms with E-state index in [2.05, 4.69) is 34.3 Å². The Bertz CT molecular complexity index is 965. The first-order valence-electron chi connectivity index (χ1n) is 10.8. The summed E-state index contributed by atoms with van der Waals surface area (Å²) in [5.74, 6) is 2.42. The van der Waals surface area contributed by atoms with E-state index < -0.39 is 0 Å². The lowest BCUT2D eigenvalue weighted by atomic mass is 10.1. The largest absolute Gasteiger partial charge is 0.492 e. The molecule has 1 N–H and O–H groups in total. The molecule has 1 saturated heterocycles. The van der Waals surface area contributed by atoms with Crippen molar-refractivity contribution < 1.29 is 4.74 Å². The van der Waals surface area contributed by atoms with Crippen LogP contribution in [0.15, 0.2) is 54.6 Å². The molecule has 3 aromatic rings. The maximum absolute atomic E-state index is 5.93. The number of benzene rings is 2. The summed E-state index contributed by atoms with van der Waals surface area (Å²) in [5.41, 5.74) is 4.13. The van der Waals surface area contributed by atoms with Crippen LogP contribution in [0.4, 0.5) is 11.5 Å². The summed E-state index contributed by atoms with van der Waals surface area (Å²) in [6, 6.07) is 18.3. The molecular formula is C25H30N4O. The zero-order valence-electron chi connectivity index (χ0n) is 17.9. The number of nitrogens with one attached hydrogen (secondary N) is 1. The fourth-order valence-corrected chi connectivity index (χ4v) is 3.80. The van der Waals surface area contributed by atoms with Crippen LogP contribution in [-0.2, 0) is 0 Å². The summed E-state index contributed by atoms with van der Waals surface area (Å²) >= 11 is 0. The van der Waals surface area contributed by atoms with Gasteiger partial charge in [0.25, 0.3) is 0 Å². The summed E-state index contributed by atoms with van der Waals surface area (Å²) in [4.78, 5) is 11.8. The molecule has 2 aromatic carbocycles. The molecule has 1 aliphatic heterocycles. The highest BCUT2D eigenvalue weighted by atomic mass is 16.5. The number of hydrogen-bond donors (Lipinski definition) is 1. The number of likely N-dealkylation sites (tertiary alicyclic amines) is 1. The normalized spacial score (nSPS) is 14.5. The summed E-state index contributed by atoms with van der Waals surface area (Å²) in [6.45, 7) is 8.21. The molecule has 0 atom stereocenters. The number of ether oxygens (including phenoxy) is 1. The van der Waals surface area contributed by atoms with E-state index in [1.807, 2.05) is 49.4 Å². The molecule has 0 unspecified atom stereocenters. The van der Waals surface area contributed by atoms with Crippen molar-refractivity contribution in [1.82, 2.24) is 14.9 Å². The average Bonchev–Trinajstić information content (AvgIpc) is 2.75. The molecule has 1 fully saturated rings. The molecule has 0 spiro atoms. The smallest absolute Gasteiger partial charge is 0.161 e. The molecule has 1 aliphatic rings. The van der Waals surface area contributed by atoms with E-state index in [1.165, 1.54) is 37.9 Å². The van der Waals surface area contributed by atoms with Crippen LogP contribution in [0, 0.1) is 13.8 Å². The van der Waals surface area contributed by atoms with Gasteiger partial charge in [0.1, 0.15) is 18.2 Å². The van der Waals surface area contributed by atoms with E-state index in [1.54, 1.807) is 0 Å². The van der Waals surface area contributed by atoms with Gasteiger partial charge < -0.3 is 10.1 Å². The van der Waals surface area contributed by atoms with Gasteiger partial charge in [0.2, 0.25) is 0 Å². The average molecular weight is 403 g/mol. The predicted octanol–water partition coefficient (Wildman–Crippen LogP) is 5.37. The van der Waals surface area contributed by atoms with Crippen LogP contribution in [0.1, 0.15) is 30.5 Å². The van der Waals surface area contributed by atoms with E-state index in [0.717, 1.165) is 47.5 Å². The van der Waals surface area contributed by atoms with Crippen LogP contribution in [0.2, 0.25) is 0 Å². The van der Waals surface area contributed by atoms with E-state index in [0.29, 0.717) is 0 Å². The molecule has 156 valence electrons. The number of anilines is 2. The molecule has 0 radical (unpaired) electrons. The van der Waals surface area contributed by atoms with Gasteiger partial charge in [-0.3, -0.25) is 4.90 Å². The molecular weight excluding hydrogens is 372 g/mol. The maximum atomic E-state index is 5.93. The van der Waals surface area contributed by atoms with Crippen molar-refractivity contribution in [3.8, 4) is 17.1 Å². The summed E-state index contributed by atoms with van der Waals surface area (Å²) in [7, 11) is 0. The van der Waals surface area contributed by atoms with E-state index >= 15 is 0 Å². The van der Waals surface area contributed by atoms with Crippen molar-refractivity contribution >= 4 is 11.5 Å². The lowest BCUT2D eigenvalue weighted by Crippen LogP contribution is -2.33. The fraction of sp³-hybridized carbons (Fsp3) is 0.360. The molecule has 2 heterocycles. The summed E-state index contributed by atoms with van der Waals surface area (Å²) < 4.78 is 5.93. The molecule has 1 aromatic heterocycles. The van der Waals surface area contributed by atoms with Gasteiger partial charge in [-0.15, -0.1) is 0 Å². The second-order valence-corrected chi connectivity index (χ2v) is 7.99. The quantitative estimate of drug-likeness (QED) is 0.576. The molecule has 5 heteroatoms. The third-order valence-electron chi connectivity index (χ3n) is 5.38. The summed E-state index contributed by atoms with van der Waals surface area (Å²) in [5, 5.41) is 3.39. The van der Waals surface area contributed by atoms with Crippen LogP contribution >= 0.6 is 0 Å². The van der Waals surface area contributed by atoms with Crippen molar-refractivity contribution in [1.29, 1.82) is 0 Å². The van der Waals surface area contributed by atoms with Crippen LogP contribution < -0.4 is 10.1 Å². The lowest BCUT2D eigenvalue weighted by Gasteiger charge is -2.26. The third kappa shape index (κ3) is 5.57. The minimum absolute atomic E-state index is 0.734. The Kier molecular flexibility index (Phi) is 6.60. The lowest BCUT2D eigenvalue weighted by molar-refractivity contribution is 0.183. The molecule has 5 nitrogen and oxygen atoms in total. The SMILES string of the molecule is Cc1cccc(-c2nc(C)cc(Nc3ccc(OCCN4CCCCC4)cc3)n2)c1. The van der Waals surface area contributed by atoms with Gasteiger partial charge >= 0.3 is 0 Å². The monoisotopic (exact) mass is 402 g/mol. The molecule has 0 amide bonds. The minimum atomic E-state index is 0.734.